The molecule has 1 atom stereocenters. The number of rotatable bonds is 7. The van der Waals surface area contributed by atoms with Crippen LogP contribution in [0.3, 0.4) is 0 Å². The number of hydrogen-bond donors (Lipinski definition) is 3. The van der Waals surface area contributed by atoms with Crippen LogP contribution >= 0.6 is 0 Å². The first-order valence-electron chi connectivity index (χ1n) is 8.26. The molecule has 0 aromatic heterocycles. The van der Waals surface area contributed by atoms with Crippen LogP contribution in [0, 0.1) is 11.8 Å². The van der Waals surface area contributed by atoms with E-state index in [0.29, 0.717) is 11.6 Å². The van der Waals surface area contributed by atoms with E-state index in [2.05, 4.69) is 29.8 Å². The van der Waals surface area contributed by atoms with Gasteiger partial charge in [0.1, 0.15) is 0 Å². The Labute approximate surface area is 139 Å². The summed E-state index contributed by atoms with van der Waals surface area (Å²) in [6.45, 7) is 10.0. The summed E-state index contributed by atoms with van der Waals surface area (Å²) in [5.41, 5.74) is 1.42. The summed E-state index contributed by atoms with van der Waals surface area (Å²) in [4.78, 5) is 23.5. The van der Waals surface area contributed by atoms with Crippen LogP contribution < -0.4 is 16.0 Å². The summed E-state index contributed by atoms with van der Waals surface area (Å²) >= 11 is 0. The van der Waals surface area contributed by atoms with Crippen molar-refractivity contribution in [3.8, 4) is 0 Å². The predicted molar refractivity (Wildman–Crippen MR) is 95.6 cm³/mol. The van der Waals surface area contributed by atoms with E-state index in [1.54, 1.807) is 24.3 Å². The average molecular weight is 319 g/mol. The highest BCUT2D eigenvalue weighted by atomic mass is 16.2. The van der Waals surface area contributed by atoms with E-state index in [-0.39, 0.29) is 23.9 Å². The molecule has 0 fully saturated rings. The first-order valence-corrected chi connectivity index (χ1v) is 8.26. The molecule has 0 spiro atoms. The van der Waals surface area contributed by atoms with Gasteiger partial charge >= 0.3 is 6.03 Å². The van der Waals surface area contributed by atoms with Crippen molar-refractivity contribution in [2.45, 2.75) is 53.5 Å². The number of carbonyl (C=O) groups is 2. The molecule has 0 aliphatic rings. The van der Waals surface area contributed by atoms with Crippen molar-refractivity contribution in [3.63, 3.8) is 0 Å². The molecule has 3 amide bonds. The number of hydrogen-bond acceptors (Lipinski definition) is 2. The van der Waals surface area contributed by atoms with E-state index in [1.807, 2.05) is 20.8 Å². The maximum atomic E-state index is 11.9. The molecule has 1 unspecified atom stereocenters. The molecule has 0 aliphatic heterocycles. The van der Waals surface area contributed by atoms with E-state index in [1.165, 1.54) is 0 Å². The van der Waals surface area contributed by atoms with Gasteiger partial charge in [-0.1, -0.05) is 27.7 Å². The first kappa shape index (κ1) is 19.0. The van der Waals surface area contributed by atoms with Crippen molar-refractivity contribution in [1.82, 2.24) is 5.32 Å². The lowest BCUT2D eigenvalue weighted by Crippen LogP contribution is -2.36. The monoisotopic (exact) mass is 319 g/mol. The smallest absolute Gasteiger partial charge is 0.319 e. The Hall–Kier alpha value is -2.04. The average Bonchev–Trinajstić information content (AvgIpc) is 2.47. The molecule has 0 radical (unpaired) electrons. The molecule has 3 N–H and O–H groups in total. The Morgan fingerprint density at radius 2 is 1.39 bits per heavy atom. The third kappa shape index (κ3) is 7.68. The summed E-state index contributed by atoms with van der Waals surface area (Å²) in [6, 6.07) is 7.03. The van der Waals surface area contributed by atoms with Crippen LogP contribution in [0.4, 0.5) is 16.2 Å². The Bertz CT molecular complexity index is 510. The highest BCUT2D eigenvalue weighted by Crippen LogP contribution is 2.14. The van der Waals surface area contributed by atoms with Gasteiger partial charge in [0.25, 0.3) is 0 Å². The van der Waals surface area contributed by atoms with Crippen LogP contribution in [-0.4, -0.2) is 18.0 Å². The fraction of sp³-hybridized carbons (Fsp3) is 0.556. The Balaban J connectivity index is 2.45. The van der Waals surface area contributed by atoms with Crippen molar-refractivity contribution in [2.75, 3.05) is 10.6 Å². The molecule has 1 aromatic carbocycles. The van der Waals surface area contributed by atoms with Gasteiger partial charge in [-0.25, -0.2) is 4.79 Å². The quantitative estimate of drug-likeness (QED) is 0.704. The summed E-state index contributed by atoms with van der Waals surface area (Å²) < 4.78 is 0. The number of anilines is 2. The van der Waals surface area contributed by atoms with Crippen LogP contribution in [0.5, 0.6) is 0 Å². The van der Waals surface area contributed by atoms with Crippen molar-refractivity contribution >= 4 is 23.3 Å². The summed E-state index contributed by atoms with van der Waals surface area (Å²) in [6.07, 6.45) is 2.05. The number of urea groups is 1. The van der Waals surface area contributed by atoms with Crippen molar-refractivity contribution < 1.29 is 9.59 Å². The lowest BCUT2D eigenvalue weighted by molar-refractivity contribution is -0.118. The zero-order chi connectivity index (χ0) is 17.4. The molecule has 0 saturated heterocycles. The van der Waals surface area contributed by atoms with Gasteiger partial charge < -0.3 is 16.0 Å². The molecule has 5 nitrogen and oxygen atoms in total. The van der Waals surface area contributed by atoms with Gasteiger partial charge in [0.2, 0.25) is 5.91 Å². The van der Waals surface area contributed by atoms with Crippen molar-refractivity contribution in [2.24, 2.45) is 11.8 Å². The Morgan fingerprint density at radius 1 is 0.870 bits per heavy atom. The molecule has 1 aromatic rings. The maximum absolute atomic E-state index is 11.9. The second-order valence-corrected chi connectivity index (χ2v) is 6.69. The minimum absolute atomic E-state index is 0.0255. The van der Waals surface area contributed by atoms with Gasteiger partial charge in [0.15, 0.2) is 0 Å². The zero-order valence-corrected chi connectivity index (χ0v) is 14.8. The van der Waals surface area contributed by atoms with Gasteiger partial charge in [0, 0.05) is 23.3 Å². The molecule has 1 rings (SSSR count). The topological polar surface area (TPSA) is 70.2 Å². The van der Waals surface area contributed by atoms with E-state index in [9.17, 15) is 9.59 Å². The largest absolute Gasteiger partial charge is 0.335 e. The highest BCUT2D eigenvalue weighted by Gasteiger charge is 2.09. The Morgan fingerprint density at radius 3 is 1.87 bits per heavy atom. The maximum Gasteiger partial charge on any atom is 0.319 e. The van der Waals surface area contributed by atoms with E-state index < -0.39 is 0 Å². The van der Waals surface area contributed by atoms with Crippen LogP contribution in [0.1, 0.15) is 47.5 Å². The lowest BCUT2D eigenvalue weighted by Gasteiger charge is -2.16. The molecule has 128 valence electrons. The zero-order valence-electron chi connectivity index (χ0n) is 14.8. The van der Waals surface area contributed by atoms with Gasteiger partial charge in [-0.05, 0) is 49.9 Å². The van der Waals surface area contributed by atoms with E-state index in [4.69, 9.17) is 0 Å². The standard InChI is InChI=1S/C18H29N3O2/c1-12(2)6-7-14(5)19-18(23)21-16-10-8-15(9-11-16)20-17(22)13(3)4/h8-14H,6-7H2,1-5H3,(H,20,22)(H2,19,21,23). The molecule has 0 saturated carbocycles. The summed E-state index contributed by atoms with van der Waals surface area (Å²) in [5, 5.41) is 8.54. The van der Waals surface area contributed by atoms with Gasteiger partial charge in [-0.3, -0.25) is 4.79 Å². The van der Waals surface area contributed by atoms with Crippen LogP contribution in [0.2, 0.25) is 0 Å². The lowest BCUT2D eigenvalue weighted by atomic mass is 10.0. The fourth-order valence-corrected chi connectivity index (χ4v) is 1.97. The predicted octanol–water partition coefficient (Wildman–Crippen LogP) is 4.23. The van der Waals surface area contributed by atoms with Crippen LogP contribution in [0.15, 0.2) is 24.3 Å². The van der Waals surface area contributed by atoms with Gasteiger partial charge in [0.05, 0.1) is 0 Å². The summed E-state index contributed by atoms with van der Waals surface area (Å²) in [5.74, 6) is 0.546. The number of benzene rings is 1. The SMILES string of the molecule is CC(C)CCC(C)NC(=O)Nc1ccc(NC(=O)C(C)C)cc1. The van der Waals surface area contributed by atoms with E-state index in [0.717, 1.165) is 18.5 Å². The van der Waals surface area contributed by atoms with E-state index >= 15 is 0 Å². The first-order chi connectivity index (χ1) is 10.8. The minimum atomic E-state index is -0.208. The summed E-state index contributed by atoms with van der Waals surface area (Å²) in [7, 11) is 0. The molecular weight excluding hydrogens is 290 g/mol. The molecular formula is C18H29N3O2. The van der Waals surface area contributed by atoms with Crippen LogP contribution in [0.25, 0.3) is 0 Å². The molecule has 23 heavy (non-hydrogen) atoms. The molecule has 5 heteroatoms. The van der Waals surface area contributed by atoms with Crippen molar-refractivity contribution in [3.05, 3.63) is 24.3 Å². The van der Waals surface area contributed by atoms with Gasteiger partial charge in [-0.15, -0.1) is 0 Å². The molecule has 0 aliphatic carbocycles. The Kier molecular flexibility index (Phi) is 7.59. The van der Waals surface area contributed by atoms with Crippen LogP contribution in [-0.2, 0) is 4.79 Å². The molecule has 0 bridgehead atoms. The number of carbonyl (C=O) groups excluding carboxylic acids is 2. The highest BCUT2D eigenvalue weighted by molar-refractivity contribution is 5.93. The molecule has 0 heterocycles. The van der Waals surface area contributed by atoms with Crippen molar-refractivity contribution in [1.29, 1.82) is 0 Å². The minimum Gasteiger partial charge on any atom is -0.335 e. The second-order valence-electron chi connectivity index (χ2n) is 6.69. The third-order valence-electron chi connectivity index (χ3n) is 3.49. The second kappa shape index (κ2) is 9.18. The normalized spacial score (nSPS) is 12.1. The fourth-order valence-electron chi connectivity index (χ4n) is 1.97. The number of amides is 3. The third-order valence-corrected chi connectivity index (χ3v) is 3.49. The van der Waals surface area contributed by atoms with Gasteiger partial charge in [-0.2, -0.15) is 0 Å². The number of nitrogens with one attached hydrogen (secondary N) is 3.